The average molecular weight is 1670 g/mol. The van der Waals surface area contributed by atoms with Gasteiger partial charge in [0.1, 0.15) is 54.9 Å². The number of aliphatic carboxylic acids is 1. The Morgan fingerprint density at radius 2 is 0.917 bits per heavy atom. The Bertz CT molecular complexity index is 5340. The third-order valence-corrected chi connectivity index (χ3v) is 29.4. The summed E-state index contributed by atoms with van der Waals surface area (Å²) in [4.78, 5) is 34.3. The summed E-state index contributed by atoms with van der Waals surface area (Å²) in [5.74, 6) is 7.78. The van der Waals surface area contributed by atoms with Gasteiger partial charge in [-0.15, -0.1) is 0 Å². The third-order valence-electron chi connectivity index (χ3n) is 26.8. The molecular weight excluding hydrogens is 1570 g/mol. The molecule has 4 bridgehead atoms. The molecule has 21 nitrogen and oxygen atoms in total. The van der Waals surface area contributed by atoms with Crippen molar-refractivity contribution in [2.24, 2.45) is 11.8 Å². The number of benzene rings is 8. The Hall–Kier alpha value is -10.0. The SMILES string of the molecule is C=CCOc1c(C)c2c(c3c1CC1[C@H]4c5c(cc(C)c(C)c5OCOC)C[C@@H]([C@H](C#N)N1[C@H]3CO)N4C)OCO2.C=CCOc1c(C)c2c(c3c1CC1[C@H]4c5c(cc(C)c(C)c5OCOC)C[C@@H]([C@H](C#N)N1[C@H]3COC(=O)[C@H](C)CSCC1c3ccccc3-c3ccccc31)N4C)OCO2.C[C@H](CSCC1c2ccccc2-c2ccccc21)C(=O)O. The zero-order valence-corrected chi connectivity index (χ0v) is 72.7. The second-order valence-corrected chi connectivity index (χ2v) is 35.6. The number of carboxylic acids is 1. The Morgan fingerprint density at radius 1 is 0.529 bits per heavy atom. The van der Waals surface area contributed by atoms with Gasteiger partial charge in [0.15, 0.2) is 36.6 Å². The van der Waals surface area contributed by atoms with Gasteiger partial charge in [0.2, 0.25) is 13.6 Å². The van der Waals surface area contributed by atoms with Gasteiger partial charge in [0, 0.05) is 118 Å². The lowest BCUT2D eigenvalue weighted by Gasteiger charge is -2.60. The molecule has 10 aliphatic rings. The highest BCUT2D eigenvalue weighted by molar-refractivity contribution is 7.99. The van der Waals surface area contributed by atoms with Crippen LogP contribution in [0, 0.1) is 76.0 Å². The molecule has 8 heterocycles. The van der Waals surface area contributed by atoms with E-state index in [1.807, 2.05) is 20.8 Å². The van der Waals surface area contributed by atoms with E-state index in [-0.39, 0.29) is 100 Å². The molecule has 18 rings (SSSR count). The van der Waals surface area contributed by atoms with Crippen molar-refractivity contribution in [1.82, 2.24) is 19.6 Å². The first-order valence-electron chi connectivity index (χ1n) is 41.9. The van der Waals surface area contributed by atoms with E-state index in [1.165, 1.54) is 55.6 Å². The van der Waals surface area contributed by atoms with E-state index < -0.39 is 30.1 Å². The molecule has 121 heavy (non-hydrogen) atoms. The first-order valence-corrected chi connectivity index (χ1v) is 44.2. The number of nitriles is 2. The van der Waals surface area contributed by atoms with E-state index >= 15 is 0 Å². The van der Waals surface area contributed by atoms with Gasteiger partial charge in [-0.3, -0.25) is 29.2 Å². The Balaban J connectivity index is 0.000000152. The molecule has 8 aliphatic heterocycles. The summed E-state index contributed by atoms with van der Waals surface area (Å²) >= 11 is 3.52. The van der Waals surface area contributed by atoms with Crippen molar-refractivity contribution < 1.29 is 71.9 Å². The predicted molar refractivity (Wildman–Crippen MR) is 468 cm³/mol. The summed E-state index contributed by atoms with van der Waals surface area (Å²) in [6.07, 6.45) is 5.99. The minimum absolute atomic E-state index is 0.0363. The fraction of sp³-hybridized carbons (Fsp3) is 0.429. The highest BCUT2D eigenvalue weighted by atomic mass is 32.2. The molecule has 2 N–H and O–H groups in total. The van der Waals surface area contributed by atoms with Crippen LogP contribution in [0.3, 0.4) is 0 Å². The number of aliphatic hydroxyl groups is 1. The fourth-order valence-electron chi connectivity index (χ4n) is 21.0. The lowest BCUT2D eigenvalue weighted by molar-refractivity contribution is -0.152. The van der Waals surface area contributed by atoms with E-state index in [9.17, 15) is 25.2 Å². The Labute approximate surface area is 718 Å². The smallest absolute Gasteiger partial charge is 0.309 e. The molecule has 0 saturated carbocycles. The van der Waals surface area contributed by atoms with E-state index in [0.717, 1.165) is 101 Å². The van der Waals surface area contributed by atoms with Crippen LogP contribution in [0.4, 0.5) is 0 Å². The van der Waals surface area contributed by atoms with Gasteiger partial charge in [0.05, 0.1) is 54.7 Å². The molecule has 8 aromatic rings. The molecule has 8 aromatic carbocycles. The number of piperazine rings is 2. The topological polar surface area (TPSA) is 237 Å². The molecule has 0 amide bonds. The van der Waals surface area contributed by atoms with Crippen molar-refractivity contribution in [2.75, 3.05) is 105 Å². The number of aryl methyl sites for hydroxylation is 2. The van der Waals surface area contributed by atoms with Crippen LogP contribution in [-0.2, 0) is 49.5 Å². The van der Waals surface area contributed by atoms with Crippen LogP contribution in [-0.4, -0.2) is 183 Å². The average Bonchev–Trinajstić information content (AvgIpc) is 1.33. The number of carbonyl (C=O) groups excluding carboxylic acids is 1. The van der Waals surface area contributed by atoms with Crippen LogP contribution in [0.15, 0.2) is 135 Å². The maximum Gasteiger partial charge on any atom is 0.309 e. The number of thioether (sulfide) groups is 2. The number of carboxylic acid groups (broad SMARTS) is 1. The molecule has 0 spiro atoms. The number of methoxy groups -OCH3 is 2. The summed E-state index contributed by atoms with van der Waals surface area (Å²) in [7, 11) is 7.50. The summed E-state index contributed by atoms with van der Waals surface area (Å²) < 4.78 is 66.9. The van der Waals surface area contributed by atoms with Crippen LogP contribution in [0.25, 0.3) is 22.3 Å². The standard InChI is InChI=1S/C49H53N3O7S.C31H37N3O6.C18H18O2S/c1-8-17-55-45-30(5)47-48(59-26-58-47)43-36(45)20-39-44-42-31(18-27(2)29(4)46(42)57-25-54-7)19-38(51(44)6)40(21-50)52(39)41(43)22-56-49(53)28(3)23-60-24-37-34-15-11-9-13-32(34)33-14-10-12-16-35(33)37;1-7-8-37-28-18(4)30-31(40-15-39-30)26-20(28)11-22-27-25-19(9-16(2)17(3)29(25)38-14-36-6)10-21(33(27)5)23(12-32)34(22)24(26)13-35;1-12(18(19)20)10-21-11-17-15-8-4-2-6-13(15)14-7-3-5-9-16(14)17/h8-16,18,28,37-41,44H,1,17,19-20,22-26H2,2-7H3;7,9,21-24,27,35H,1,8,10-11,13-15H2,2-6H3;2-9,12,17H,10-11H2,1H3,(H,19,20)/t28-,38+,39?,40+,41+,44+;21-,22?,23-,24-,27-;12-/m101/s1. The molecule has 0 aromatic heterocycles. The minimum Gasteiger partial charge on any atom is -0.489 e. The maximum absolute atomic E-state index is 14.1. The van der Waals surface area contributed by atoms with Gasteiger partial charge in [-0.25, -0.2) is 0 Å². The maximum atomic E-state index is 14.1. The highest BCUT2D eigenvalue weighted by Crippen LogP contribution is 2.62. The minimum atomic E-state index is -0.713. The van der Waals surface area contributed by atoms with Gasteiger partial charge in [0.25, 0.3) is 0 Å². The highest BCUT2D eigenvalue weighted by Gasteiger charge is 2.59. The number of hydrogen-bond acceptors (Lipinski definition) is 22. The number of esters is 1. The van der Waals surface area contributed by atoms with E-state index in [4.69, 9.17) is 57.2 Å². The molecule has 12 atom stereocenters. The zero-order valence-electron chi connectivity index (χ0n) is 71.1. The molecule has 632 valence electrons. The monoisotopic (exact) mass is 1670 g/mol. The lowest BCUT2D eigenvalue weighted by Crippen LogP contribution is -2.68. The van der Waals surface area contributed by atoms with Crippen molar-refractivity contribution in [3.05, 3.63) is 235 Å². The third kappa shape index (κ3) is 14.9. The molecule has 2 fully saturated rings. The Kier molecular flexibility index (Phi) is 25.0. The molecule has 2 saturated heterocycles. The molecule has 2 aliphatic carbocycles. The van der Waals surface area contributed by atoms with Crippen LogP contribution in [0.5, 0.6) is 46.0 Å². The Morgan fingerprint density at radius 3 is 1.31 bits per heavy atom. The number of hydrogen-bond donors (Lipinski definition) is 2. The number of ether oxygens (including phenoxy) is 11. The van der Waals surface area contributed by atoms with Crippen LogP contribution >= 0.6 is 23.5 Å². The molecule has 0 radical (unpaired) electrons. The van der Waals surface area contributed by atoms with Gasteiger partial charge in [-0.1, -0.05) is 148 Å². The van der Waals surface area contributed by atoms with Crippen molar-refractivity contribution in [3.63, 3.8) is 0 Å². The van der Waals surface area contributed by atoms with Crippen molar-refractivity contribution in [1.29, 1.82) is 10.5 Å². The van der Waals surface area contributed by atoms with Gasteiger partial charge >= 0.3 is 11.9 Å². The number of nitrogens with zero attached hydrogens (tertiary/aromatic N) is 6. The predicted octanol–water partition coefficient (Wildman–Crippen LogP) is 16.3. The summed E-state index contributed by atoms with van der Waals surface area (Å²) in [6.45, 7) is 24.8. The quantitative estimate of drug-likeness (QED) is 0.0307. The normalized spacial score (nSPS) is 22.5. The van der Waals surface area contributed by atoms with Crippen LogP contribution < -0.4 is 37.9 Å². The first-order chi connectivity index (χ1) is 58.7. The first kappa shape index (κ1) is 84.6. The summed E-state index contributed by atoms with van der Waals surface area (Å²) in [6, 6.07) is 41.5. The summed E-state index contributed by atoms with van der Waals surface area (Å²) in [5.41, 5.74) is 25.1. The number of rotatable bonds is 25. The van der Waals surface area contributed by atoms with E-state index in [0.29, 0.717) is 79.3 Å². The number of carbonyl (C=O) groups is 2. The number of fused-ring (bicyclic) bond motifs is 24. The zero-order chi connectivity index (χ0) is 84.9. The largest absolute Gasteiger partial charge is 0.489 e. The van der Waals surface area contributed by atoms with Crippen LogP contribution in [0.2, 0.25) is 0 Å². The number of aliphatic hydroxyl groups excluding tert-OH is 1. The van der Waals surface area contributed by atoms with Crippen molar-refractivity contribution >= 4 is 35.5 Å². The van der Waals surface area contributed by atoms with E-state index in [2.05, 4.69) is 196 Å². The van der Waals surface area contributed by atoms with Gasteiger partial charge in [-0.05, 0) is 159 Å². The van der Waals surface area contributed by atoms with Crippen molar-refractivity contribution in [3.8, 4) is 80.4 Å². The van der Waals surface area contributed by atoms with Gasteiger partial charge < -0.3 is 62.3 Å². The van der Waals surface area contributed by atoms with E-state index in [1.54, 1.807) is 56.8 Å². The summed E-state index contributed by atoms with van der Waals surface area (Å²) in [5, 5.41) is 41.7. The van der Waals surface area contributed by atoms with Crippen molar-refractivity contribution in [2.45, 2.75) is 153 Å². The van der Waals surface area contributed by atoms with Gasteiger partial charge in [-0.2, -0.15) is 34.0 Å². The second-order valence-electron chi connectivity index (χ2n) is 33.4. The van der Waals surface area contributed by atoms with Crippen LogP contribution in [0.1, 0.15) is 150 Å². The fourth-order valence-corrected chi connectivity index (χ4v) is 23.5. The molecular formula is C98H108N6O15S2. The molecule has 23 heteroatoms. The molecule has 2 unspecified atom stereocenters. The lowest BCUT2D eigenvalue weighted by atomic mass is 9.71. The second kappa shape index (κ2) is 35.8. The number of likely N-dealkylation sites (N-methyl/N-ethyl adjacent to an activating group) is 2.